The molecule has 0 aromatic carbocycles. The molecule has 0 spiro atoms. The van der Waals surface area contributed by atoms with Gasteiger partial charge in [-0.3, -0.25) is 9.59 Å². The number of carboxylic acids is 2. The van der Waals surface area contributed by atoms with E-state index in [0.717, 1.165) is 0 Å². The van der Waals surface area contributed by atoms with Gasteiger partial charge in [-0.25, -0.2) is 0 Å². The van der Waals surface area contributed by atoms with Crippen molar-refractivity contribution in [1.29, 1.82) is 0 Å². The molecule has 1 aliphatic rings. The predicted octanol–water partition coefficient (Wildman–Crippen LogP) is 1.54. The highest BCUT2D eigenvalue weighted by molar-refractivity contribution is 5.83. The van der Waals surface area contributed by atoms with Crippen molar-refractivity contribution in [2.45, 2.75) is 13.8 Å². The number of carboxylic acid groups (broad SMARTS) is 2. The lowest BCUT2D eigenvalue weighted by Gasteiger charge is -2.12. The van der Waals surface area contributed by atoms with Crippen LogP contribution in [0.25, 0.3) is 0 Å². The first-order chi connectivity index (χ1) is 6.83. The van der Waals surface area contributed by atoms with Crippen LogP contribution in [0.3, 0.4) is 0 Å². The van der Waals surface area contributed by atoms with E-state index in [1.807, 2.05) is 13.8 Å². The summed E-state index contributed by atoms with van der Waals surface area (Å²) in [6.45, 7) is 3.78. The summed E-state index contributed by atoms with van der Waals surface area (Å²) in [6, 6.07) is 0. The Kier molecular flexibility index (Phi) is 2.98. The van der Waals surface area contributed by atoms with Gasteiger partial charge in [0, 0.05) is 5.41 Å². The molecule has 82 valence electrons. The van der Waals surface area contributed by atoms with Gasteiger partial charge in [-0.2, -0.15) is 0 Å². The average molecular weight is 210 g/mol. The molecule has 0 unspecified atom stereocenters. The number of hydrogen-bond donors (Lipinski definition) is 2. The Hall–Kier alpha value is -1.58. The largest absolute Gasteiger partial charge is 0.481 e. The van der Waals surface area contributed by atoms with Gasteiger partial charge in [0.2, 0.25) is 0 Å². The minimum atomic E-state index is -1.11. The first kappa shape index (κ1) is 11.5. The molecule has 0 heterocycles. The molecule has 1 rings (SSSR count). The van der Waals surface area contributed by atoms with Crippen molar-refractivity contribution in [3.63, 3.8) is 0 Å². The van der Waals surface area contributed by atoms with Crippen LogP contribution in [-0.4, -0.2) is 22.2 Å². The molecular weight excluding hydrogens is 196 g/mol. The maximum absolute atomic E-state index is 10.9. The number of rotatable bonds is 2. The Morgan fingerprint density at radius 2 is 1.33 bits per heavy atom. The smallest absolute Gasteiger partial charge is 0.311 e. The summed E-state index contributed by atoms with van der Waals surface area (Å²) in [4.78, 5) is 21.8. The van der Waals surface area contributed by atoms with Gasteiger partial charge in [0.1, 0.15) is 0 Å². The normalized spacial score (nSPS) is 28.4. The first-order valence-corrected chi connectivity index (χ1v) is 4.68. The van der Waals surface area contributed by atoms with Crippen LogP contribution in [0.1, 0.15) is 13.8 Å². The third-order valence-corrected chi connectivity index (χ3v) is 2.42. The number of aliphatic carboxylic acids is 2. The highest BCUT2D eigenvalue weighted by atomic mass is 16.4. The van der Waals surface area contributed by atoms with Crippen LogP contribution in [-0.2, 0) is 9.59 Å². The van der Waals surface area contributed by atoms with Crippen molar-refractivity contribution >= 4 is 11.9 Å². The average Bonchev–Trinajstić information content (AvgIpc) is 2.23. The number of allylic oxidation sites excluding steroid dienone is 2. The third kappa shape index (κ3) is 2.68. The Morgan fingerprint density at radius 1 is 1.00 bits per heavy atom. The fraction of sp³-hybridized carbons (Fsp3) is 0.455. The zero-order valence-corrected chi connectivity index (χ0v) is 8.68. The molecule has 2 atom stereocenters. The number of hydrogen-bond acceptors (Lipinski definition) is 2. The summed E-state index contributed by atoms with van der Waals surface area (Å²) < 4.78 is 0. The SMILES string of the molecule is CC1(C)C=C[C@H](C(=O)O)[C@H](C(=O)O)C=C1. The van der Waals surface area contributed by atoms with Crippen molar-refractivity contribution in [2.24, 2.45) is 17.3 Å². The van der Waals surface area contributed by atoms with Crippen molar-refractivity contribution in [2.75, 3.05) is 0 Å². The van der Waals surface area contributed by atoms with E-state index in [1.165, 1.54) is 12.2 Å². The van der Waals surface area contributed by atoms with E-state index in [0.29, 0.717) is 0 Å². The summed E-state index contributed by atoms with van der Waals surface area (Å²) in [5, 5.41) is 17.8. The van der Waals surface area contributed by atoms with Crippen molar-refractivity contribution in [1.82, 2.24) is 0 Å². The minimum Gasteiger partial charge on any atom is -0.481 e. The zero-order valence-electron chi connectivity index (χ0n) is 8.68. The molecule has 15 heavy (non-hydrogen) atoms. The second-order valence-electron chi connectivity index (χ2n) is 4.27. The lowest BCUT2D eigenvalue weighted by Crippen LogP contribution is -2.26. The van der Waals surface area contributed by atoms with Crippen LogP contribution in [0.15, 0.2) is 24.3 Å². The van der Waals surface area contributed by atoms with E-state index in [-0.39, 0.29) is 5.41 Å². The van der Waals surface area contributed by atoms with E-state index < -0.39 is 23.8 Å². The Bertz CT molecular complexity index is 306. The van der Waals surface area contributed by atoms with Gasteiger partial charge >= 0.3 is 11.9 Å². The molecule has 4 nitrogen and oxygen atoms in total. The van der Waals surface area contributed by atoms with Crippen molar-refractivity contribution in [3.8, 4) is 0 Å². The monoisotopic (exact) mass is 210 g/mol. The van der Waals surface area contributed by atoms with Gasteiger partial charge in [-0.15, -0.1) is 0 Å². The van der Waals surface area contributed by atoms with Gasteiger partial charge in [0.05, 0.1) is 11.8 Å². The van der Waals surface area contributed by atoms with Crippen molar-refractivity contribution in [3.05, 3.63) is 24.3 Å². The zero-order chi connectivity index (χ0) is 11.6. The molecule has 4 heteroatoms. The lowest BCUT2D eigenvalue weighted by molar-refractivity contribution is -0.149. The second-order valence-corrected chi connectivity index (χ2v) is 4.27. The molecular formula is C11H14O4. The van der Waals surface area contributed by atoms with Crippen LogP contribution < -0.4 is 0 Å². The Labute approximate surface area is 87.9 Å². The Morgan fingerprint density at radius 3 is 1.60 bits per heavy atom. The van der Waals surface area contributed by atoms with Crippen LogP contribution >= 0.6 is 0 Å². The van der Waals surface area contributed by atoms with E-state index in [2.05, 4.69) is 0 Å². The molecule has 0 bridgehead atoms. The molecule has 0 radical (unpaired) electrons. The summed E-state index contributed by atoms with van der Waals surface area (Å²) in [7, 11) is 0. The van der Waals surface area contributed by atoms with Gasteiger partial charge in [0.25, 0.3) is 0 Å². The predicted molar refractivity (Wildman–Crippen MR) is 54.3 cm³/mol. The molecule has 0 amide bonds. The van der Waals surface area contributed by atoms with E-state index >= 15 is 0 Å². The molecule has 0 fully saturated rings. The molecule has 1 aliphatic carbocycles. The standard InChI is InChI=1S/C11H14O4/c1-11(2)5-3-7(9(12)13)8(4-6-11)10(14)15/h3-8H,1-2H3,(H,12,13)(H,14,15)/t7-,8+. The molecule has 2 N–H and O–H groups in total. The molecule has 0 aromatic rings. The molecule has 0 saturated heterocycles. The summed E-state index contributed by atoms with van der Waals surface area (Å²) in [5.41, 5.74) is -0.294. The van der Waals surface area contributed by atoms with Crippen LogP contribution in [0, 0.1) is 17.3 Å². The lowest BCUT2D eigenvalue weighted by atomic mass is 9.93. The van der Waals surface area contributed by atoms with Crippen LogP contribution in [0.2, 0.25) is 0 Å². The van der Waals surface area contributed by atoms with E-state index in [1.54, 1.807) is 12.2 Å². The third-order valence-electron chi connectivity index (χ3n) is 2.42. The maximum atomic E-state index is 10.9. The highest BCUT2D eigenvalue weighted by Gasteiger charge is 2.32. The summed E-state index contributed by atoms with van der Waals surface area (Å²) >= 11 is 0. The maximum Gasteiger partial charge on any atom is 0.311 e. The minimum absolute atomic E-state index is 0.294. The fourth-order valence-electron chi connectivity index (χ4n) is 1.47. The summed E-state index contributed by atoms with van der Waals surface area (Å²) in [5.74, 6) is -4.19. The number of carbonyl (C=O) groups is 2. The van der Waals surface area contributed by atoms with Gasteiger partial charge in [-0.05, 0) is 0 Å². The van der Waals surface area contributed by atoms with E-state index in [9.17, 15) is 9.59 Å². The summed E-state index contributed by atoms with van der Waals surface area (Å²) in [6.07, 6.45) is 6.37. The second kappa shape index (κ2) is 3.88. The molecule has 0 aliphatic heterocycles. The fourth-order valence-corrected chi connectivity index (χ4v) is 1.47. The first-order valence-electron chi connectivity index (χ1n) is 4.68. The van der Waals surface area contributed by atoms with Gasteiger partial charge in [-0.1, -0.05) is 38.2 Å². The Balaban J connectivity index is 3.09. The van der Waals surface area contributed by atoms with Crippen molar-refractivity contribution < 1.29 is 19.8 Å². The highest BCUT2D eigenvalue weighted by Crippen LogP contribution is 2.28. The molecule has 0 aromatic heterocycles. The molecule has 0 saturated carbocycles. The van der Waals surface area contributed by atoms with Gasteiger partial charge < -0.3 is 10.2 Å². The van der Waals surface area contributed by atoms with E-state index in [4.69, 9.17) is 10.2 Å². The topological polar surface area (TPSA) is 74.6 Å². The van der Waals surface area contributed by atoms with Crippen LogP contribution in [0.5, 0.6) is 0 Å². The van der Waals surface area contributed by atoms with Crippen LogP contribution in [0.4, 0.5) is 0 Å². The quantitative estimate of drug-likeness (QED) is 0.678. The van der Waals surface area contributed by atoms with Gasteiger partial charge in [0.15, 0.2) is 0 Å².